The van der Waals surface area contributed by atoms with Crippen LogP contribution in [0.2, 0.25) is 0 Å². The Bertz CT molecular complexity index is 582. The van der Waals surface area contributed by atoms with Crippen molar-refractivity contribution < 1.29 is 4.39 Å². The van der Waals surface area contributed by atoms with E-state index in [1.165, 1.54) is 22.8 Å². The lowest BCUT2D eigenvalue weighted by molar-refractivity contribution is 0.460. The summed E-state index contributed by atoms with van der Waals surface area (Å²) in [5.41, 5.74) is 10.8. The van der Waals surface area contributed by atoms with Crippen molar-refractivity contribution in [1.82, 2.24) is 0 Å². The first-order valence-corrected chi connectivity index (χ1v) is 6.96. The van der Waals surface area contributed by atoms with E-state index < -0.39 is 0 Å². The summed E-state index contributed by atoms with van der Waals surface area (Å²) in [7, 11) is 0. The quantitative estimate of drug-likeness (QED) is 0.895. The molecule has 2 aromatic carbocycles. The van der Waals surface area contributed by atoms with E-state index in [4.69, 9.17) is 5.73 Å². The zero-order valence-electron chi connectivity index (χ0n) is 12.4. The van der Waals surface area contributed by atoms with E-state index in [2.05, 4.69) is 32.0 Å². The van der Waals surface area contributed by atoms with Gasteiger partial charge in [-0.25, -0.2) is 4.39 Å². The molecule has 2 aromatic rings. The van der Waals surface area contributed by atoms with Gasteiger partial charge in [-0.05, 0) is 68.0 Å². The van der Waals surface area contributed by atoms with Crippen molar-refractivity contribution in [2.75, 3.05) is 0 Å². The van der Waals surface area contributed by atoms with E-state index in [1.807, 2.05) is 13.0 Å². The fraction of sp³-hybridized carbons (Fsp3) is 0.333. The number of hydrogen-bond donors (Lipinski definition) is 1. The Balaban J connectivity index is 2.19. The van der Waals surface area contributed by atoms with Gasteiger partial charge in [0.05, 0.1) is 0 Å². The lowest BCUT2D eigenvalue weighted by Gasteiger charge is -2.27. The van der Waals surface area contributed by atoms with Crippen molar-refractivity contribution in [3.05, 3.63) is 70.5 Å². The van der Waals surface area contributed by atoms with Gasteiger partial charge in [0, 0.05) is 5.54 Å². The Morgan fingerprint density at radius 3 is 2.20 bits per heavy atom. The van der Waals surface area contributed by atoms with Gasteiger partial charge in [-0.15, -0.1) is 0 Å². The van der Waals surface area contributed by atoms with E-state index in [9.17, 15) is 4.39 Å². The summed E-state index contributed by atoms with van der Waals surface area (Å²) < 4.78 is 13.3. The van der Waals surface area contributed by atoms with Gasteiger partial charge in [0.2, 0.25) is 0 Å². The summed E-state index contributed by atoms with van der Waals surface area (Å²) in [6.07, 6.45) is 1.46. The third-order valence-electron chi connectivity index (χ3n) is 3.72. The highest BCUT2D eigenvalue weighted by Crippen LogP contribution is 2.22. The second kappa shape index (κ2) is 5.76. The molecule has 0 amide bonds. The van der Waals surface area contributed by atoms with Crippen LogP contribution in [0.3, 0.4) is 0 Å². The molecule has 0 heterocycles. The molecule has 0 saturated carbocycles. The fourth-order valence-corrected chi connectivity index (χ4v) is 2.71. The fourth-order valence-electron chi connectivity index (χ4n) is 2.71. The van der Waals surface area contributed by atoms with Crippen LogP contribution >= 0.6 is 0 Å². The first kappa shape index (κ1) is 14.7. The highest BCUT2D eigenvalue weighted by atomic mass is 19.1. The minimum absolute atomic E-state index is 0.203. The Kier molecular flexibility index (Phi) is 4.24. The molecule has 0 radical (unpaired) electrons. The summed E-state index contributed by atoms with van der Waals surface area (Å²) in [4.78, 5) is 0. The van der Waals surface area contributed by atoms with Crippen LogP contribution in [0, 0.1) is 19.7 Å². The van der Waals surface area contributed by atoms with Crippen LogP contribution in [-0.2, 0) is 12.8 Å². The van der Waals surface area contributed by atoms with E-state index in [1.54, 1.807) is 12.1 Å². The molecule has 0 bridgehead atoms. The SMILES string of the molecule is Cc1cccc(C)c1CC(C)(N)Cc1cccc(F)c1. The highest BCUT2D eigenvalue weighted by Gasteiger charge is 2.21. The normalized spacial score (nSPS) is 14.1. The number of nitrogens with two attached hydrogens (primary N) is 1. The second-order valence-corrected chi connectivity index (χ2v) is 6.01. The third kappa shape index (κ3) is 3.67. The number of halogens is 1. The third-order valence-corrected chi connectivity index (χ3v) is 3.72. The van der Waals surface area contributed by atoms with Crippen LogP contribution in [0.5, 0.6) is 0 Å². The topological polar surface area (TPSA) is 26.0 Å². The molecule has 1 nitrogen and oxygen atoms in total. The van der Waals surface area contributed by atoms with Gasteiger partial charge in [-0.2, -0.15) is 0 Å². The number of aryl methyl sites for hydroxylation is 2. The molecule has 0 aromatic heterocycles. The molecule has 106 valence electrons. The minimum Gasteiger partial charge on any atom is -0.325 e. The zero-order valence-corrected chi connectivity index (χ0v) is 12.4. The van der Waals surface area contributed by atoms with Crippen molar-refractivity contribution in [3.63, 3.8) is 0 Å². The number of benzene rings is 2. The average Bonchev–Trinajstić information content (AvgIpc) is 2.33. The molecule has 0 aliphatic carbocycles. The Hall–Kier alpha value is -1.67. The molecule has 0 saturated heterocycles. The maximum Gasteiger partial charge on any atom is 0.123 e. The molecule has 0 aliphatic rings. The van der Waals surface area contributed by atoms with Crippen molar-refractivity contribution in [2.24, 2.45) is 5.73 Å². The molecule has 0 fully saturated rings. The summed E-state index contributed by atoms with van der Waals surface area (Å²) in [5, 5.41) is 0. The summed E-state index contributed by atoms with van der Waals surface area (Å²) in [6.45, 7) is 6.25. The molecular weight excluding hydrogens is 249 g/mol. The zero-order chi connectivity index (χ0) is 14.8. The van der Waals surface area contributed by atoms with Crippen LogP contribution in [0.25, 0.3) is 0 Å². The smallest absolute Gasteiger partial charge is 0.123 e. The van der Waals surface area contributed by atoms with E-state index in [0.717, 1.165) is 12.0 Å². The van der Waals surface area contributed by atoms with Crippen molar-refractivity contribution in [2.45, 2.75) is 39.2 Å². The van der Waals surface area contributed by atoms with Crippen LogP contribution < -0.4 is 5.73 Å². The lowest BCUT2D eigenvalue weighted by Crippen LogP contribution is -2.41. The molecule has 1 unspecified atom stereocenters. The number of rotatable bonds is 4. The van der Waals surface area contributed by atoms with Crippen LogP contribution in [-0.4, -0.2) is 5.54 Å². The van der Waals surface area contributed by atoms with Crippen molar-refractivity contribution in [3.8, 4) is 0 Å². The van der Waals surface area contributed by atoms with Crippen molar-refractivity contribution in [1.29, 1.82) is 0 Å². The maximum absolute atomic E-state index is 13.3. The molecule has 20 heavy (non-hydrogen) atoms. The summed E-state index contributed by atoms with van der Waals surface area (Å²) in [6, 6.07) is 13.0. The second-order valence-electron chi connectivity index (χ2n) is 6.01. The van der Waals surface area contributed by atoms with Crippen molar-refractivity contribution >= 4 is 0 Å². The van der Waals surface area contributed by atoms with Crippen LogP contribution in [0.1, 0.15) is 29.2 Å². The van der Waals surface area contributed by atoms with E-state index >= 15 is 0 Å². The molecule has 2 heteroatoms. The Labute approximate surface area is 120 Å². The molecule has 2 rings (SSSR count). The first-order valence-electron chi connectivity index (χ1n) is 6.96. The van der Waals surface area contributed by atoms with Gasteiger partial charge >= 0.3 is 0 Å². The van der Waals surface area contributed by atoms with Gasteiger partial charge in [0.15, 0.2) is 0 Å². The van der Waals surface area contributed by atoms with Gasteiger partial charge in [-0.1, -0.05) is 30.3 Å². The molecule has 2 N–H and O–H groups in total. The molecule has 1 atom stereocenters. The largest absolute Gasteiger partial charge is 0.325 e. The Morgan fingerprint density at radius 1 is 1.00 bits per heavy atom. The van der Waals surface area contributed by atoms with Gasteiger partial charge < -0.3 is 5.73 Å². The highest BCUT2D eigenvalue weighted by molar-refractivity contribution is 5.35. The lowest BCUT2D eigenvalue weighted by atomic mass is 9.84. The number of hydrogen-bond acceptors (Lipinski definition) is 1. The molecule has 0 spiro atoms. The standard InChI is InChI=1S/C18H22FN/c1-13-6-4-7-14(2)17(13)12-18(3,20)11-15-8-5-9-16(19)10-15/h4-10H,11-12,20H2,1-3H3. The summed E-state index contributed by atoms with van der Waals surface area (Å²) in [5.74, 6) is -0.203. The summed E-state index contributed by atoms with van der Waals surface area (Å²) >= 11 is 0. The van der Waals surface area contributed by atoms with Gasteiger partial charge in [0.25, 0.3) is 0 Å². The van der Waals surface area contributed by atoms with Gasteiger partial charge in [0.1, 0.15) is 5.82 Å². The Morgan fingerprint density at radius 2 is 1.60 bits per heavy atom. The van der Waals surface area contributed by atoms with E-state index in [0.29, 0.717) is 6.42 Å². The predicted octanol–water partition coefficient (Wildman–Crippen LogP) is 3.95. The van der Waals surface area contributed by atoms with Crippen LogP contribution in [0.4, 0.5) is 4.39 Å². The first-order chi connectivity index (χ1) is 9.37. The van der Waals surface area contributed by atoms with Crippen LogP contribution in [0.15, 0.2) is 42.5 Å². The monoisotopic (exact) mass is 271 g/mol. The maximum atomic E-state index is 13.3. The average molecular weight is 271 g/mol. The predicted molar refractivity (Wildman–Crippen MR) is 82.3 cm³/mol. The van der Waals surface area contributed by atoms with E-state index in [-0.39, 0.29) is 11.4 Å². The van der Waals surface area contributed by atoms with Gasteiger partial charge in [-0.3, -0.25) is 0 Å². The molecular formula is C18H22FN. The minimum atomic E-state index is -0.384. The molecule has 0 aliphatic heterocycles.